The summed E-state index contributed by atoms with van der Waals surface area (Å²) in [5.74, 6) is 0.710. The molecule has 0 aliphatic rings. The molecule has 0 spiro atoms. The molecule has 0 aliphatic carbocycles. The van der Waals surface area contributed by atoms with Crippen molar-refractivity contribution in [3.8, 4) is 22.8 Å². The van der Waals surface area contributed by atoms with E-state index in [1.165, 1.54) is 17.3 Å². The number of rotatable bonds is 7. The quantitative estimate of drug-likeness (QED) is 0.183. The fourth-order valence-corrected chi connectivity index (χ4v) is 4.44. The first-order valence-corrected chi connectivity index (χ1v) is 13.0. The average molecular weight is 514 g/mol. The molecule has 0 atom stereocenters. The van der Waals surface area contributed by atoms with Crippen molar-refractivity contribution in [3.63, 3.8) is 0 Å². The van der Waals surface area contributed by atoms with Crippen LogP contribution in [0.4, 0.5) is 0 Å². The Hall–Kier alpha value is -3.91. The van der Waals surface area contributed by atoms with Crippen molar-refractivity contribution in [3.05, 3.63) is 89.5 Å². The third-order valence-corrected chi connectivity index (χ3v) is 6.81. The van der Waals surface area contributed by atoms with Gasteiger partial charge in [0.2, 0.25) is 0 Å². The van der Waals surface area contributed by atoms with Crippen LogP contribution in [0.25, 0.3) is 17.1 Å². The SMILES string of the molecule is CC(=NNC(=O)CSc1nnc(-c2ccc(C(C)(C)C)cc2)n1-c1ccc(C)cc1)c1cccc(O)c1. The summed E-state index contributed by atoms with van der Waals surface area (Å²) in [7, 11) is 0. The molecule has 8 heteroatoms. The summed E-state index contributed by atoms with van der Waals surface area (Å²) in [5.41, 5.74) is 8.23. The molecule has 0 saturated heterocycles. The first kappa shape index (κ1) is 26.2. The Kier molecular flexibility index (Phi) is 7.78. The van der Waals surface area contributed by atoms with E-state index in [9.17, 15) is 9.90 Å². The molecule has 37 heavy (non-hydrogen) atoms. The van der Waals surface area contributed by atoms with Crippen molar-refractivity contribution in [1.29, 1.82) is 0 Å². The zero-order valence-corrected chi connectivity index (χ0v) is 22.5. The number of amides is 1. The molecule has 0 radical (unpaired) electrons. The number of phenols is 1. The molecule has 7 nitrogen and oxygen atoms in total. The van der Waals surface area contributed by atoms with Gasteiger partial charge >= 0.3 is 0 Å². The van der Waals surface area contributed by atoms with Crippen molar-refractivity contribution in [2.45, 2.75) is 45.2 Å². The lowest BCUT2D eigenvalue weighted by Gasteiger charge is -2.19. The van der Waals surface area contributed by atoms with Gasteiger partial charge < -0.3 is 5.11 Å². The Morgan fingerprint density at radius 2 is 1.73 bits per heavy atom. The van der Waals surface area contributed by atoms with Gasteiger partial charge in [0.15, 0.2) is 11.0 Å². The summed E-state index contributed by atoms with van der Waals surface area (Å²) in [4.78, 5) is 12.6. The number of carbonyl (C=O) groups excluding carboxylic acids is 1. The monoisotopic (exact) mass is 513 g/mol. The second-order valence-corrected chi connectivity index (χ2v) is 10.8. The maximum absolute atomic E-state index is 12.6. The lowest BCUT2D eigenvalue weighted by molar-refractivity contribution is -0.118. The van der Waals surface area contributed by atoms with Crippen LogP contribution < -0.4 is 5.43 Å². The summed E-state index contributed by atoms with van der Waals surface area (Å²) in [6, 6.07) is 23.2. The number of aromatic hydroxyl groups is 1. The number of benzene rings is 3. The number of nitrogens with zero attached hydrogens (tertiary/aromatic N) is 4. The van der Waals surface area contributed by atoms with Crippen molar-refractivity contribution >= 4 is 23.4 Å². The van der Waals surface area contributed by atoms with Crippen LogP contribution >= 0.6 is 11.8 Å². The van der Waals surface area contributed by atoms with E-state index in [0.717, 1.165) is 22.4 Å². The minimum absolute atomic E-state index is 0.0548. The van der Waals surface area contributed by atoms with Gasteiger partial charge in [-0.15, -0.1) is 10.2 Å². The third-order valence-electron chi connectivity index (χ3n) is 5.88. The summed E-state index contributed by atoms with van der Waals surface area (Å²) >= 11 is 1.30. The first-order valence-electron chi connectivity index (χ1n) is 12.0. The van der Waals surface area contributed by atoms with Crippen LogP contribution in [0.3, 0.4) is 0 Å². The van der Waals surface area contributed by atoms with E-state index in [4.69, 9.17) is 0 Å². The van der Waals surface area contributed by atoms with Crippen LogP contribution in [0.1, 0.15) is 44.4 Å². The number of thioether (sulfide) groups is 1. The number of aromatic nitrogens is 3. The highest BCUT2D eigenvalue weighted by Gasteiger charge is 2.19. The maximum Gasteiger partial charge on any atom is 0.250 e. The predicted molar refractivity (Wildman–Crippen MR) is 149 cm³/mol. The third kappa shape index (κ3) is 6.46. The maximum atomic E-state index is 12.6. The molecular weight excluding hydrogens is 482 g/mol. The Bertz CT molecular complexity index is 1420. The van der Waals surface area contributed by atoms with Crippen LogP contribution in [0.5, 0.6) is 5.75 Å². The van der Waals surface area contributed by atoms with E-state index < -0.39 is 0 Å². The van der Waals surface area contributed by atoms with Crippen LogP contribution in [0, 0.1) is 6.92 Å². The summed E-state index contributed by atoms with van der Waals surface area (Å²) in [5, 5.41) is 23.3. The van der Waals surface area contributed by atoms with E-state index in [1.54, 1.807) is 25.1 Å². The Morgan fingerprint density at radius 1 is 1.03 bits per heavy atom. The molecule has 0 saturated carbocycles. The van der Waals surface area contributed by atoms with Gasteiger partial charge in [-0.3, -0.25) is 9.36 Å². The highest BCUT2D eigenvalue weighted by molar-refractivity contribution is 7.99. The zero-order valence-electron chi connectivity index (χ0n) is 21.7. The van der Waals surface area contributed by atoms with Crippen LogP contribution in [0.15, 0.2) is 83.1 Å². The first-order chi connectivity index (χ1) is 17.6. The highest BCUT2D eigenvalue weighted by atomic mass is 32.2. The number of hydrogen-bond acceptors (Lipinski definition) is 6. The van der Waals surface area contributed by atoms with Gasteiger partial charge in [-0.25, -0.2) is 5.43 Å². The van der Waals surface area contributed by atoms with E-state index >= 15 is 0 Å². The van der Waals surface area contributed by atoms with Crippen LogP contribution in [-0.4, -0.2) is 37.2 Å². The minimum Gasteiger partial charge on any atom is -0.508 e. The number of hydrazone groups is 1. The molecule has 190 valence electrons. The van der Waals surface area contributed by atoms with Gasteiger partial charge in [-0.2, -0.15) is 5.10 Å². The van der Waals surface area contributed by atoms with Crippen molar-refractivity contribution < 1.29 is 9.90 Å². The Balaban J connectivity index is 1.56. The number of phenolic OH excluding ortho intramolecular Hbond substituents is 1. The lowest BCUT2D eigenvalue weighted by Crippen LogP contribution is -2.21. The molecule has 4 aromatic rings. The number of nitrogens with one attached hydrogen (secondary N) is 1. The molecule has 1 heterocycles. The molecule has 0 aliphatic heterocycles. The van der Waals surface area contributed by atoms with Crippen molar-refractivity contribution in [1.82, 2.24) is 20.2 Å². The fourth-order valence-electron chi connectivity index (χ4n) is 3.70. The molecule has 0 unspecified atom stereocenters. The van der Waals surface area contributed by atoms with E-state index in [2.05, 4.69) is 65.8 Å². The molecule has 4 rings (SSSR count). The fraction of sp³-hybridized carbons (Fsp3) is 0.241. The molecule has 0 bridgehead atoms. The largest absolute Gasteiger partial charge is 0.508 e. The van der Waals surface area contributed by atoms with Gasteiger partial charge in [-0.1, -0.05) is 86.6 Å². The molecule has 0 fully saturated rings. The van der Waals surface area contributed by atoms with Crippen molar-refractivity contribution in [2.24, 2.45) is 5.10 Å². The second-order valence-electron chi connectivity index (χ2n) is 9.88. The molecular formula is C29H31N5O2S. The van der Waals surface area contributed by atoms with Crippen LogP contribution in [-0.2, 0) is 10.2 Å². The predicted octanol–water partition coefficient (Wildman–Crippen LogP) is 5.88. The average Bonchev–Trinajstić information content (AvgIpc) is 3.30. The Labute approximate surface area is 221 Å². The van der Waals surface area contributed by atoms with Gasteiger partial charge in [0.1, 0.15) is 5.75 Å². The van der Waals surface area contributed by atoms with Crippen LogP contribution in [0.2, 0.25) is 0 Å². The molecule has 1 aromatic heterocycles. The summed E-state index contributed by atoms with van der Waals surface area (Å²) in [6.07, 6.45) is 0. The Morgan fingerprint density at radius 3 is 2.38 bits per heavy atom. The van der Waals surface area contributed by atoms with Gasteiger partial charge in [0.05, 0.1) is 11.5 Å². The number of hydrogen-bond donors (Lipinski definition) is 2. The summed E-state index contributed by atoms with van der Waals surface area (Å²) in [6.45, 7) is 10.4. The standard InChI is InChI=1S/C29H31N5O2S/c1-19-9-15-24(16-10-19)34-27(21-11-13-23(14-12-21)29(3,4)5)32-33-28(34)37-18-26(36)31-30-20(2)22-7-6-8-25(35)17-22/h6-17,35H,18H2,1-5H3,(H,31,36). The smallest absolute Gasteiger partial charge is 0.250 e. The molecule has 2 N–H and O–H groups in total. The number of aryl methyl sites for hydroxylation is 1. The minimum atomic E-state index is -0.265. The normalized spacial score (nSPS) is 12.0. The number of carbonyl (C=O) groups is 1. The van der Waals surface area contributed by atoms with Gasteiger partial charge in [-0.05, 0) is 49.1 Å². The zero-order chi connectivity index (χ0) is 26.6. The van der Waals surface area contributed by atoms with E-state index in [1.807, 2.05) is 41.8 Å². The van der Waals surface area contributed by atoms with Crippen molar-refractivity contribution in [2.75, 3.05) is 5.75 Å². The lowest BCUT2D eigenvalue weighted by atomic mass is 9.87. The molecule has 1 amide bonds. The summed E-state index contributed by atoms with van der Waals surface area (Å²) < 4.78 is 1.98. The van der Waals surface area contributed by atoms with Gasteiger partial charge in [0, 0.05) is 16.8 Å². The second kappa shape index (κ2) is 11.0. The highest BCUT2D eigenvalue weighted by Crippen LogP contribution is 2.30. The van der Waals surface area contributed by atoms with E-state index in [-0.39, 0.29) is 22.8 Å². The molecule has 3 aromatic carbocycles. The van der Waals surface area contributed by atoms with Gasteiger partial charge in [0.25, 0.3) is 5.91 Å². The van der Waals surface area contributed by atoms with E-state index in [0.29, 0.717) is 16.7 Å². The topological polar surface area (TPSA) is 92.4 Å².